The first-order valence-electron chi connectivity index (χ1n) is 8.00. The number of ether oxygens (including phenoxy) is 2. The summed E-state index contributed by atoms with van der Waals surface area (Å²) in [7, 11) is 0. The molecule has 0 aromatic heterocycles. The zero-order chi connectivity index (χ0) is 16.8. The number of carbonyl (C=O) groups is 1. The van der Waals surface area contributed by atoms with Crippen molar-refractivity contribution in [2.75, 3.05) is 12.3 Å². The lowest BCUT2D eigenvalue weighted by molar-refractivity contribution is 0.0334. The van der Waals surface area contributed by atoms with Crippen LogP contribution in [0.2, 0.25) is 0 Å². The molecule has 1 aliphatic heterocycles. The van der Waals surface area contributed by atoms with E-state index in [9.17, 15) is 4.79 Å². The normalized spacial score (nSPS) is 17.4. The molecule has 1 aromatic carbocycles. The molecule has 1 fully saturated rings. The molecule has 0 radical (unpaired) electrons. The highest BCUT2D eigenvalue weighted by Crippen LogP contribution is 2.36. The molecule has 23 heavy (non-hydrogen) atoms. The first kappa shape index (κ1) is 15.7. The number of aryl methyl sites for hydroxylation is 1. The fourth-order valence-corrected chi connectivity index (χ4v) is 2.36. The third-order valence-electron chi connectivity index (χ3n) is 3.82. The Kier molecular flexibility index (Phi) is 3.74. The number of nitrogens with zero attached hydrogens (tertiary/aromatic N) is 1. The molecule has 1 aromatic rings. The second-order valence-corrected chi connectivity index (χ2v) is 7.28. The van der Waals surface area contributed by atoms with Gasteiger partial charge in [-0.1, -0.05) is 0 Å². The second-order valence-electron chi connectivity index (χ2n) is 7.28. The molecule has 2 N–H and O–H groups in total. The molecular weight excluding hydrogens is 292 g/mol. The van der Waals surface area contributed by atoms with Crippen molar-refractivity contribution in [1.29, 1.82) is 0 Å². The number of amides is 1. The van der Waals surface area contributed by atoms with Crippen molar-refractivity contribution >= 4 is 17.4 Å². The standard InChI is InChI=1S/C18H24N2O3/c1-11-7-12(8-15(16(11)19)22-14-5-6-14)13-9-20(10-13)17(21)23-18(2,3)4/h7-9,14H,5-6,10,19H2,1-4H3. The number of nitrogens with two attached hydrogens (primary N) is 1. The van der Waals surface area contributed by atoms with Crippen LogP contribution < -0.4 is 10.5 Å². The van der Waals surface area contributed by atoms with E-state index in [2.05, 4.69) is 0 Å². The van der Waals surface area contributed by atoms with E-state index in [1.54, 1.807) is 4.90 Å². The second kappa shape index (κ2) is 5.48. The molecule has 0 spiro atoms. The molecule has 0 saturated heterocycles. The van der Waals surface area contributed by atoms with Crippen molar-refractivity contribution in [2.45, 2.75) is 52.2 Å². The van der Waals surface area contributed by atoms with E-state index in [-0.39, 0.29) is 6.09 Å². The zero-order valence-corrected chi connectivity index (χ0v) is 14.2. The summed E-state index contributed by atoms with van der Waals surface area (Å²) in [6.07, 6.45) is 4.00. The predicted octanol–water partition coefficient (Wildman–Crippen LogP) is 3.71. The molecule has 5 heteroatoms. The lowest BCUT2D eigenvalue weighted by Crippen LogP contribution is -2.39. The predicted molar refractivity (Wildman–Crippen MR) is 90.2 cm³/mol. The quantitative estimate of drug-likeness (QED) is 0.863. The fraction of sp³-hybridized carbons (Fsp3) is 0.500. The minimum Gasteiger partial charge on any atom is -0.488 e. The average Bonchev–Trinajstić information content (AvgIpc) is 3.15. The van der Waals surface area contributed by atoms with E-state index in [0.717, 1.165) is 35.3 Å². The van der Waals surface area contributed by atoms with Gasteiger partial charge in [0.2, 0.25) is 0 Å². The first-order chi connectivity index (χ1) is 10.7. The Morgan fingerprint density at radius 1 is 1.30 bits per heavy atom. The van der Waals surface area contributed by atoms with Crippen LogP contribution in [-0.4, -0.2) is 29.2 Å². The Balaban J connectivity index is 1.74. The monoisotopic (exact) mass is 316 g/mol. The molecule has 3 rings (SSSR count). The maximum atomic E-state index is 12.0. The first-order valence-corrected chi connectivity index (χ1v) is 8.00. The summed E-state index contributed by atoms with van der Waals surface area (Å²) in [6.45, 7) is 8.10. The SMILES string of the molecule is Cc1cc(C2=CN(C(=O)OC(C)(C)C)C2)cc(OC2CC2)c1N. The molecule has 124 valence electrons. The molecule has 1 saturated carbocycles. The van der Waals surface area contributed by atoms with Crippen molar-refractivity contribution in [3.05, 3.63) is 29.5 Å². The highest BCUT2D eigenvalue weighted by atomic mass is 16.6. The van der Waals surface area contributed by atoms with E-state index >= 15 is 0 Å². The number of hydrogen-bond donors (Lipinski definition) is 1. The lowest BCUT2D eigenvalue weighted by Gasteiger charge is -2.32. The molecule has 0 unspecified atom stereocenters. The van der Waals surface area contributed by atoms with Gasteiger partial charge >= 0.3 is 6.09 Å². The van der Waals surface area contributed by atoms with Gasteiger partial charge in [-0.25, -0.2) is 4.79 Å². The minimum atomic E-state index is -0.482. The van der Waals surface area contributed by atoms with Gasteiger partial charge in [-0.2, -0.15) is 0 Å². The van der Waals surface area contributed by atoms with Gasteiger partial charge in [-0.15, -0.1) is 0 Å². The summed E-state index contributed by atoms with van der Waals surface area (Å²) < 4.78 is 11.2. The molecule has 1 aliphatic carbocycles. The van der Waals surface area contributed by atoms with Gasteiger partial charge in [0.05, 0.1) is 18.3 Å². The Hall–Kier alpha value is -2.17. The van der Waals surface area contributed by atoms with Crippen LogP contribution in [-0.2, 0) is 4.74 Å². The zero-order valence-electron chi connectivity index (χ0n) is 14.2. The van der Waals surface area contributed by atoms with Crippen molar-refractivity contribution in [3.63, 3.8) is 0 Å². The smallest absolute Gasteiger partial charge is 0.414 e. The number of anilines is 1. The summed E-state index contributed by atoms with van der Waals surface area (Å²) in [5.74, 6) is 0.749. The molecule has 1 heterocycles. The van der Waals surface area contributed by atoms with E-state index in [0.29, 0.717) is 18.3 Å². The average molecular weight is 316 g/mol. The number of benzene rings is 1. The topological polar surface area (TPSA) is 64.8 Å². The summed E-state index contributed by atoms with van der Waals surface area (Å²) in [6, 6.07) is 4.01. The van der Waals surface area contributed by atoms with Crippen molar-refractivity contribution in [1.82, 2.24) is 4.90 Å². The molecule has 0 atom stereocenters. The summed E-state index contributed by atoms with van der Waals surface area (Å²) in [5.41, 5.74) is 9.45. The van der Waals surface area contributed by atoms with Gasteiger partial charge in [0.1, 0.15) is 11.4 Å². The Morgan fingerprint density at radius 2 is 1.96 bits per heavy atom. The Morgan fingerprint density at radius 3 is 2.52 bits per heavy atom. The van der Waals surface area contributed by atoms with Gasteiger partial charge < -0.3 is 15.2 Å². The van der Waals surface area contributed by atoms with Crippen molar-refractivity contribution in [2.24, 2.45) is 0 Å². The minimum absolute atomic E-state index is 0.306. The van der Waals surface area contributed by atoms with Gasteiger partial charge in [0, 0.05) is 6.20 Å². The maximum absolute atomic E-state index is 12.0. The van der Waals surface area contributed by atoms with Crippen LogP contribution in [0.15, 0.2) is 18.3 Å². The third-order valence-corrected chi connectivity index (χ3v) is 3.82. The third kappa shape index (κ3) is 3.60. The van der Waals surface area contributed by atoms with Crippen molar-refractivity contribution in [3.8, 4) is 5.75 Å². The van der Waals surface area contributed by atoms with E-state index in [1.165, 1.54) is 0 Å². The fourth-order valence-electron chi connectivity index (χ4n) is 2.36. The van der Waals surface area contributed by atoms with Crippen LogP contribution in [0.5, 0.6) is 5.75 Å². The van der Waals surface area contributed by atoms with E-state index < -0.39 is 5.60 Å². The molecule has 1 amide bonds. The lowest BCUT2D eigenvalue weighted by atomic mass is 9.99. The highest BCUT2D eigenvalue weighted by Gasteiger charge is 2.29. The molecule has 5 nitrogen and oxygen atoms in total. The highest BCUT2D eigenvalue weighted by molar-refractivity contribution is 5.83. The van der Waals surface area contributed by atoms with Crippen LogP contribution >= 0.6 is 0 Å². The number of nitrogen functional groups attached to an aromatic ring is 1. The Labute approximate surface area is 137 Å². The summed E-state index contributed by atoms with van der Waals surface area (Å²) >= 11 is 0. The van der Waals surface area contributed by atoms with Crippen LogP contribution in [0.1, 0.15) is 44.7 Å². The summed E-state index contributed by atoms with van der Waals surface area (Å²) in [4.78, 5) is 13.6. The van der Waals surface area contributed by atoms with Gasteiger partial charge in [-0.05, 0) is 69.4 Å². The van der Waals surface area contributed by atoms with Gasteiger partial charge in [0.25, 0.3) is 0 Å². The molecule has 2 aliphatic rings. The molecular formula is C18H24N2O3. The Bertz CT molecular complexity index is 670. The van der Waals surface area contributed by atoms with Gasteiger partial charge in [0.15, 0.2) is 0 Å². The number of rotatable bonds is 3. The number of carbonyl (C=O) groups excluding carboxylic acids is 1. The van der Waals surface area contributed by atoms with Crippen LogP contribution in [0.25, 0.3) is 5.57 Å². The maximum Gasteiger partial charge on any atom is 0.414 e. The van der Waals surface area contributed by atoms with Crippen LogP contribution in [0.4, 0.5) is 10.5 Å². The van der Waals surface area contributed by atoms with E-state index in [4.69, 9.17) is 15.2 Å². The largest absolute Gasteiger partial charge is 0.488 e. The van der Waals surface area contributed by atoms with Crippen molar-refractivity contribution < 1.29 is 14.3 Å². The van der Waals surface area contributed by atoms with Crippen LogP contribution in [0.3, 0.4) is 0 Å². The van der Waals surface area contributed by atoms with Crippen LogP contribution in [0, 0.1) is 6.92 Å². The van der Waals surface area contributed by atoms with Gasteiger partial charge in [-0.3, -0.25) is 4.90 Å². The van der Waals surface area contributed by atoms with E-state index in [1.807, 2.05) is 46.0 Å². The summed E-state index contributed by atoms with van der Waals surface area (Å²) in [5, 5.41) is 0. The molecule has 0 bridgehead atoms. The number of hydrogen-bond acceptors (Lipinski definition) is 4.